The summed E-state index contributed by atoms with van der Waals surface area (Å²) in [5, 5.41) is 19.5. The molecule has 1 aliphatic heterocycles. The number of hydrogen-bond donors (Lipinski definition) is 2. The molecular formula is C12H16O3. The van der Waals surface area contributed by atoms with E-state index in [0.29, 0.717) is 13.0 Å². The van der Waals surface area contributed by atoms with Crippen molar-refractivity contribution in [2.75, 3.05) is 13.2 Å². The zero-order valence-corrected chi connectivity index (χ0v) is 8.65. The molecule has 1 aliphatic rings. The quantitative estimate of drug-likeness (QED) is 0.774. The van der Waals surface area contributed by atoms with Crippen LogP contribution in [0.15, 0.2) is 24.3 Å². The molecule has 0 spiro atoms. The molecule has 0 amide bonds. The van der Waals surface area contributed by atoms with Crippen molar-refractivity contribution >= 4 is 0 Å². The minimum absolute atomic E-state index is 0.243. The van der Waals surface area contributed by atoms with E-state index >= 15 is 0 Å². The van der Waals surface area contributed by atoms with Crippen molar-refractivity contribution in [3.63, 3.8) is 0 Å². The fraction of sp³-hybridized carbons (Fsp3) is 0.500. The molecular weight excluding hydrogens is 192 g/mol. The van der Waals surface area contributed by atoms with Crippen LogP contribution in [0.1, 0.15) is 18.4 Å². The molecule has 2 N–H and O–H groups in total. The minimum atomic E-state index is -0.758. The van der Waals surface area contributed by atoms with Crippen molar-refractivity contribution in [1.82, 2.24) is 0 Å². The number of benzene rings is 1. The molecule has 0 aliphatic carbocycles. The van der Waals surface area contributed by atoms with Crippen LogP contribution in [0.2, 0.25) is 0 Å². The Hall–Kier alpha value is -1.06. The molecule has 1 aromatic carbocycles. The Kier molecular flexibility index (Phi) is 2.93. The summed E-state index contributed by atoms with van der Waals surface area (Å²) in [5.74, 6) is 0.243. The van der Waals surface area contributed by atoms with Gasteiger partial charge in [-0.25, -0.2) is 0 Å². The molecule has 0 saturated carbocycles. The Labute approximate surface area is 89.3 Å². The average Bonchev–Trinajstić information content (AvgIpc) is 2.18. The van der Waals surface area contributed by atoms with Crippen LogP contribution in [0.3, 0.4) is 0 Å². The monoisotopic (exact) mass is 208 g/mol. The van der Waals surface area contributed by atoms with Gasteiger partial charge in [-0.05, 0) is 30.5 Å². The van der Waals surface area contributed by atoms with E-state index in [9.17, 15) is 10.2 Å². The van der Waals surface area contributed by atoms with Crippen LogP contribution < -0.4 is 0 Å². The second-order valence-electron chi connectivity index (χ2n) is 4.23. The fourth-order valence-electron chi connectivity index (χ4n) is 2.02. The zero-order chi connectivity index (χ0) is 10.7. The van der Waals surface area contributed by atoms with E-state index in [4.69, 9.17) is 4.74 Å². The molecule has 82 valence electrons. The Morgan fingerprint density at radius 1 is 1.40 bits per heavy atom. The largest absolute Gasteiger partial charge is 0.508 e. The highest BCUT2D eigenvalue weighted by molar-refractivity contribution is 5.28. The van der Waals surface area contributed by atoms with Gasteiger partial charge in [0.05, 0.1) is 12.2 Å². The molecule has 1 heterocycles. The van der Waals surface area contributed by atoms with Gasteiger partial charge in [0.15, 0.2) is 0 Å². The SMILES string of the molecule is Oc1cccc(CC2(O)CCCOC2)c1. The van der Waals surface area contributed by atoms with E-state index < -0.39 is 5.60 Å². The topological polar surface area (TPSA) is 49.7 Å². The van der Waals surface area contributed by atoms with E-state index in [-0.39, 0.29) is 5.75 Å². The van der Waals surface area contributed by atoms with Gasteiger partial charge in [-0.1, -0.05) is 12.1 Å². The van der Waals surface area contributed by atoms with E-state index in [1.165, 1.54) is 0 Å². The van der Waals surface area contributed by atoms with Gasteiger partial charge < -0.3 is 14.9 Å². The first-order valence-electron chi connectivity index (χ1n) is 5.26. The summed E-state index contributed by atoms with van der Waals surface area (Å²) >= 11 is 0. The molecule has 1 atom stereocenters. The molecule has 0 bridgehead atoms. The van der Waals surface area contributed by atoms with Crippen LogP contribution >= 0.6 is 0 Å². The third-order valence-electron chi connectivity index (χ3n) is 2.75. The standard InChI is InChI=1S/C12H16O3/c13-11-4-1-3-10(7-11)8-12(14)5-2-6-15-9-12/h1,3-4,7,13-14H,2,5-6,8-9H2. The van der Waals surface area contributed by atoms with Crippen molar-refractivity contribution in [2.24, 2.45) is 0 Å². The summed E-state index contributed by atoms with van der Waals surface area (Å²) in [6, 6.07) is 7.02. The zero-order valence-electron chi connectivity index (χ0n) is 8.65. The highest BCUT2D eigenvalue weighted by Crippen LogP contribution is 2.24. The van der Waals surface area contributed by atoms with E-state index in [0.717, 1.165) is 25.0 Å². The predicted octanol–water partition coefficient (Wildman–Crippen LogP) is 1.48. The summed E-state index contributed by atoms with van der Waals surface area (Å²) < 4.78 is 5.28. The Balaban J connectivity index is 2.06. The number of phenolic OH excluding ortho intramolecular Hbond substituents is 1. The molecule has 2 rings (SSSR count). The van der Waals surface area contributed by atoms with Crippen LogP contribution in [-0.4, -0.2) is 29.0 Å². The number of aromatic hydroxyl groups is 1. The lowest BCUT2D eigenvalue weighted by Gasteiger charge is -2.32. The molecule has 1 saturated heterocycles. The first-order chi connectivity index (χ1) is 7.18. The average molecular weight is 208 g/mol. The number of ether oxygens (including phenoxy) is 1. The third-order valence-corrected chi connectivity index (χ3v) is 2.75. The van der Waals surface area contributed by atoms with Crippen LogP contribution in [0.25, 0.3) is 0 Å². The summed E-state index contributed by atoms with van der Waals surface area (Å²) in [6.45, 7) is 1.13. The van der Waals surface area contributed by atoms with Crippen molar-refractivity contribution in [3.05, 3.63) is 29.8 Å². The van der Waals surface area contributed by atoms with Gasteiger partial charge in [-0.15, -0.1) is 0 Å². The van der Waals surface area contributed by atoms with E-state index in [2.05, 4.69) is 0 Å². The molecule has 1 aromatic rings. The first-order valence-corrected chi connectivity index (χ1v) is 5.26. The number of hydrogen-bond acceptors (Lipinski definition) is 3. The number of phenols is 1. The Morgan fingerprint density at radius 2 is 2.27 bits per heavy atom. The molecule has 0 aromatic heterocycles. The lowest BCUT2D eigenvalue weighted by Crippen LogP contribution is -2.40. The maximum Gasteiger partial charge on any atom is 0.115 e. The smallest absolute Gasteiger partial charge is 0.115 e. The second-order valence-corrected chi connectivity index (χ2v) is 4.23. The summed E-state index contributed by atoms with van der Waals surface area (Å²) in [7, 11) is 0. The third kappa shape index (κ3) is 2.70. The lowest BCUT2D eigenvalue weighted by molar-refractivity contribution is -0.0845. The van der Waals surface area contributed by atoms with Gasteiger partial charge in [-0.3, -0.25) is 0 Å². The summed E-state index contributed by atoms with van der Waals surface area (Å²) in [4.78, 5) is 0. The van der Waals surface area contributed by atoms with Gasteiger partial charge in [0.1, 0.15) is 5.75 Å². The highest BCUT2D eigenvalue weighted by Gasteiger charge is 2.30. The normalized spacial score (nSPS) is 26.5. The Morgan fingerprint density at radius 3 is 2.93 bits per heavy atom. The molecule has 15 heavy (non-hydrogen) atoms. The molecule has 3 heteroatoms. The van der Waals surface area contributed by atoms with Gasteiger partial charge in [0, 0.05) is 13.0 Å². The molecule has 0 radical (unpaired) electrons. The van der Waals surface area contributed by atoms with Crippen molar-refractivity contribution in [3.8, 4) is 5.75 Å². The van der Waals surface area contributed by atoms with E-state index in [1.807, 2.05) is 6.07 Å². The van der Waals surface area contributed by atoms with Gasteiger partial charge >= 0.3 is 0 Å². The maximum absolute atomic E-state index is 10.2. The maximum atomic E-state index is 10.2. The second kappa shape index (κ2) is 4.21. The van der Waals surface area contributed by atoms with Crippen LogP contribution in [0.5, 0.6) is 5.75 Å². The summed E-state index contributed by atoms with van der Waals surface area (Å²) in [6.07, 6.45) is 2.21. The minimum Gasteiger partial charge on any atom is -0.508 e. The van der Waals surface area contributed by atoms with Gasteiger partial charge in [0.2, 0.25) is 0 Å². The molecule has 3 nitrogen and oxygen atoms in total. The number of rotatable bonds is 2. The number of aliphatic hydroxyl groups is 1. The van der Waals surface area contributed by atoms with Crippen molar-refractivity contribution in [1.29, 1.82) is 0 Å². The van der Waals surface area contributed by atoms with Crippen LogP contribution in [-0.2, 0) is 11.2 Å². The first kappa shape index (κ1) is 10.5. The van der Waals surface area contributed by atoms with E-state index in [1.54, 1.807) is 18.2 Å². The van der Waals surface area contributed by atoms with Crippen molar-refractivity contribution in [2.45, 2.75) is 24.9 Å². The molecule has 1 fully saturated rings. The molecule has 1 unspecified atom stereocenters. The summed E-state index contributed by atoms with van der Waals surface area (Å²) in [5.41, 5.74) is 0.189. The lowest BCUT2D eigenvalue weighted by atomic mass is 9.89. The predicted molar refractivity (Wildman–Crippen MR) is 56.8 cm³/mol. The van der Waals surface area contributed by atoms with Gasteiger partial charge in [-0.2, -0.15) is 0 Å². The van der Waals surface area contributed by atoms with Crippen molar-refractivity contribution < 1.29 is 14.9 Å². The van der Waals surface area contributed by atoms with Crippen LogP contribution in [0, 0.1) is 0 Å². The fourth-order valence-corrected chi connectivity index (χ4v) is 2.02. The van der Waals surface area contributed by atoms with Crippen LogP contribution in [0.4, 0.5) is 0 Å². The highest BCUT2D eigenvalue weighted by atomic mass is 16.5. The Bertz CT molecular complexity index is 329. The van der Waals surface area contributed by atoms with Gasteiger partial charge in [0.25, 0.3) is 0 Å².